The standard InChI is InChI=1S/C25H33N5O3/c1-5-33-23-13-21-19(12-22(23)28-24(32)7-6-10-30(3)4)25(17(14-26)15-27-21)29-20-9-8-18(31)11-16(20)2/h8-9,11-13,17,25,27,29,31H,5-7,10,15H2,1-4H3,(H,28,32). The first-order valence-corrected chi connectivity index (χ1v) is 11.3. The van der Waals surface area contributed by atoms with E-state index in [0.717, 1.165) is 35.5 Å². The number of ether oxygens (including phenoxy) is 1. The Hall–Kier alpha value is -3.44. The average molecular weight is 452 g/mol. The van der Waals surface area contributed by atoms with E-state index >= 15 is 0 Å². The summed E-state index contributed by atoms with van der Waals surface area (Å²) in [5.74, 6) is 0.394. The fraction of sp³-hybridized carbons (Fsp3) is 0.440. The number of anilines is 3. The fourth-order valence-corrected chi connectivity index (χ4v) is 3.98. The summed E-state index contributed by atoms with van der Waals surface area (Å²) in [5, 5.41) is 29.4. The quantitative estimate of drug-likeness (QED) is 0.425. The molecular formula is C25H33N5O3. The molecule has 2 atom stereocenters. The van der Waals surface area contributed by atoms with E-state index in [1.54, 1.807) is 12.1 Å². The lowest BCUT2D eigenvalue weighted by molar-refractivity contribution is -0.116. The van der Waals surface area contributed by atoms with Gasteiger partial charge in [-0.15, -0.1) is 0 Å². The molecule has 0 radical (unpaired) electrons. The number of carbonyl (C=O) groups excluding carboxylic acids is 1. The van der Waals surface area contributed by atoms with Gasteiger partial charge in [-0.25, -0.2) is 0 Å². The van der Waals surface area contributed by atoms with Gasteiger partial charge < -0.3 is 30.7 Å². The van der Waals surface area contributed by atoms with E-state index in [0.29, 0.717) is 31.0 Å². The first-order chi connectivity index (χ1) is 15.8. The minimum Gasteiger partial charge on any atom is -0.508 e. The topological polar surface area (TPSA) is 110 Å². The molecular weight excluding hydrogens is 418 g/mol. The third-order valence-electron chi connectivity index (χ3n) is 5.67. The number of aromatic hydroxyl groups is 1. The zero-order chi connectivity index (χ0) is 24.0. The van der Waals surface area contributed by atoms with Crippen LogP contribution < -0.4 is 20.7 Å². The maximum atomic E-state index is 12.6. The molecule has 2 aromatic rings. The van der Waals surface area contributed by atoms with Gasteiger partial charge in [0.2, 0.25) is 5.91 Å². The molecule has 0 bridgehead atoms. The van der Waals surface area contributed by atoms with E-state index in [-0.39, 0.29) is 23.6 Å². The molecule has 0 aromatic heterocycles. The Labute approximate surface area is 195 Å². The van der Waals surface area contributed by atoms with E-state index < -0.39 is 0 Å². The SMILES string of the molecule is CCOc1cc2c(cc1NC(=O)CCCN(C)C)C(Nc1ccc(O)cc1C)C(C#N)CN2. The summed E-state index contributed by atoms with van der Waals surface area (Å²) in [5.41, 5.74) is 4.07. The van der Waals surface area contributed by atoms with Gasteiger partial charge in [-0.1, -0.05) is 0 Å². The van der Waals surface area contributed by atoms with E-state index in [1.165, 1.54) is 0 Å². The second-order valence-electron chi connectivity index (χ2n) is 8.56. The predicted molar refractivity (Wildman–Crippen MR) is 131 cm³/mol. The van der Waals surface area contributed by atoms with Crippen molar-refractivity contribution in [3.63, 3.8) is 0 Å². The van der Waals surface area contributed by atoms with Crippen LogP contribution >= 0.6 is 0 Å². The van der Waals surface area contributed by atoms with Gasteiger partial charge in [0.05, 0.1) is 30.3 Å². The van der Waals surface area contributed by atoms with Crippen LogP contribution in [0.25, 0.3) is 0 Å². The Morgan fingerprint density at radius 2 is 2.09 bits per heavy atom. The number of phenolic OH excluding ortho intramolecular Hbond substituents is 1. The Kier molecular flexibility index (Phi) is 8.01. The van der Waals surface area contributed by atoms with Crippen molar-refractivity contribution in [2.75, 3.05) is 49.7 Å². The van der Waals surface area contributed by atoms with Crippen molar-refractivity contribution in [2.45, 2.75) is 32.7 Å². The highest BCUT2D eigenvalue weighted by Gasteiger charge is 2.31. The molecule has 4 N–H and O–H groups in total. The van der Waals surface area contributed by atoms with Gasteiger partial charge in [0.25, 0.3) is 0 Å². The summed E-state index contributed by atoms with van der Waals surface area (Å²) in [6.07, 6.45) is 1.17. The van der Waals surface area contributed by atoms with Crippen LogP contribution in [0.15, 0.2) is 30.3 Å². The highest BCUT2D eigenvalue weighted by atomic mass is 16.5. The molecule has 0 spiro atoms. The maximum Gasteiger partial charge on any atom is 0.224 e. The van der Waals surface area contributed by atoms with Crippen molar-refractivity contribution in [1.82, 2.24) is 4.90 Å². The van der Waals surface area contributed by atoms with Crippen molar-refractivity contribution in [3.8, 4) is 17.6 Å². The van der Waals surface area contributed by atoms with E-state index in [1.807, 2.05) is 51.0 Å². The number of fused-ring (bicyclic) bond motifs is 1. The van der Waals surface area contributed by atoms with Crippen LogP contribution in [0.3, 0.4) is 0 Å². The van der Waals surface area contributed by atoms with Gasteiger partial charge in [0, 0.05) is 36.0 Å². The number of aryl methyl sites for hydroxylation is 1. The number of benzene rings is 2. The Morgan fingerprint density at radius 1 is 1.30 bits per heavy atom. The van der Waals surface area contributed by atoms with Gasteiger partial charge in [0.15, 0.2) is 0 Å². The molecule has 1 amide bonds. The Balaban J connectivity index is 1.92. The summed E-state index contributed by atoms with van der Waals surface area (Å²) >= 11 is 0. The Morgan fingerprint density at radius 3 is 2.76 bits per heavy atom. The molecule has 0 saturated heterocycles. The molecule has 176 valence electrons. The molecule has 2 aromatic carbocycles. The van der Waals surface area contributed by atoms with E-state index in [9.17, 15) is 15.2 Å². The lowest BCUT2D eigenvalue weighted by Gasteiger charge is -2.33. The maximum absolute atomic E-state index is 12.6. The minimum atomic E-state index is -0.327. The van der Waals surface area contributed by atoms with Gasteiger partial charge in [-0.2, -0.15) is 5.26 Å². The molecule has 1 aliphatic rings. The number of rotatable bonds is 9. The van der Waals surface area contributed by atoms with Crippen molar-refractivity contribution < 1.29 is 14.6 Å². The molecule has 8 heteroatoms. The van der Waals surface area contributed by atoms with Gasteiger partial charge in [-0.3, -0.25) is 4.79 Å². The van der Waals surface area contributed by atoms with Crippen LogP contribution in [0.4, 0.5) is 17.1 Å². The van der Waals surface area contributed by atoms with Crippen molar-refractivity contribution >= 4 is 23.0 Å². The molecule has 1 aliphatic heterocycles. The van der Waals surface area contributed by atoms with Gasteiger partial charge in [0.1, 0.15) is 11.5 Å². The molecule has 8 nitrogen and oxygen atoms in total. The molecule has 3 rings (SSSR count). The smallest absolute Gasteiger partial charge is 0.224 e. The average Bonchev–Trinajstić information content (AvgIpc) is 2.76. The first kappa shape index (κ1) is 24.2. The number of phenols is 1. The highest BCUT2D eigenvalue weighted by molar-refractivity contribution is 5.93. The third kappa shape index (κ3) is 6.08. The van der Waals surface area contributed by atoms with Crippen LogP contribution in [-0.4, -0.2) is 49.7 Å². The normalized spacial score (nSPS) is 17.0. The summed E-state index contributed by atoms with van der Waals surface area (Å²) in [6.45, 7) is 5.60. The number of carbonyl (C=O) groups is 1. The van der Waals surface area contributed by atoms with Crippen LogP contribution in [0.2, 0.25) is 0 Å². The third-order valence-corrected chi connectivity index (χ3v) is 5.67. The second kappa shape index (κ2) is 10.9. The van der Waals surface area contributed by atoms with E-state index in [2.05, 4.69) is 22.0 Å². The first-order valence-electron chi connectivity index (χ1n) is 11.3. The monoisotopic (exact) mass is 451 g/mol. The summed E-state index contributed by atoms with van der Waals surface area (Å²) in [6, 6.07) is 11.0. The number of nitrogens with zero attached hydrogens (tertiary/aromatic N) is 2. The molecule has 0 saturated carbocycles. The van der Waals surface area contributed by atoms with Gasteiger partial charge >= 0.3 is 0 Å². The van der Waals surface area contributed by atoms with Crippen molar-refractivity contribution in [2.24, 2.45) is 5.92 Å². The van der Waals surface area contributed by atoms with Crippen LogP contribution in [0, 0.1) is 24.2 Å². The highest BCUT2D eigenvalue weighted by Crippen LogP contribution is 2.42. The van der Waals surface area contributed by atoms with E-state index in [4.69, 9.17) is 4.74 Å². The lowest BCUT2D eigenvalue weighted by atomic mass is 9.88. The molecule has 0 fully saturated rings. The van der Waals surface area contributed by atoms with Gasteiger partial charge in [-0.05, 0) is 70.7 Å². The fourth-order valence-electron chi connectivity index (χ4n) is 3.98. The minimum absolute atomic E-state index is 0.0720. The zero-order valence-corrected chi connectivity index (χ0v) is 19.7. The van der Waals surface area contributed by atoms with Crippen LogP contribution in [0.5, 0.6) is 11.5 Å². The molecule has 2 unspecified atom stereocenters. The zero-order valence-electron chi connectivity index (χ0n) is 19.7. The summed E-state index contributed by atoms with van der Waals surface area (Å²) < 4.78 is 5.81. The summed E-state index contributed by atoms with van der Waals surface area (Å²) in [4.78, 5) is 14.6. The number of amides is 1. The number of hydrogen-bond acceptors (Lipinski definition) is 7. The number of nitriles is 1. The van der Waals surface area contributed by atoms with Crippen molar-refractivity contribution in [1.29, 1.82) is 5.26 Å². The molecule has 1 heterocycles. The van der Waals surface area contributed by atoms with Crippen LogP contribution in [-0.2, 0) is 4.79 Å². The molecule has 33 heavy (non-hydrogen) atoms. The second-order valence-corrected chi connectivity index (χ2v) is 8.56. The molecule has 0 aliphatic carbocycles. The lowest BCUT2D eigenvalue weighted by Crippen LogP contribution is -2.32. The number of hydrogen-bond donors (Lipinski definition) is 4. The van der Waals surface area contributed by atoms with Crippen molar-refractivity contribution in [3.05, 3.63) is 41.5 Å². The predicted octanol–water partition coefficient (Wildman–Crippen LogP) is 4.10. The Bertz CT molecular complexity index is 1030. The number of nitrogens with one attached hydrogen (secondary N) is 3. The van der Waals surface area contributed by atoms with Crippen LogP contribution in [0.1, 0.15) is 36.9 Å². The summed E-state index contributed by atoms with van der Waals surface area (Å²) in [7, 11) is 3.96. The largest absolute Gasteiger partial charge is 0.508 e.